The molecule has 5 heteroatoms. The molecule has 24 heavy (non-hydrogen) atoms. The molecule has 0 saturated carbocycles. The molecular weight excluding hydrogens is 309 g/mol. The normalized spacial score (nSPS) is 11.6. The van der Waals surface area contributed by atoms with Gasteiger partial charge in [-0.05, 0) is 37.1 Å². The summed E-state index contributed by atoms with van der Waals surface area (Å²) in [6.07, 6.45) is -0.293. The van der Waals surface area contributed by atoms with E-state index in [2.05, 4.69) is 5.32 Å². The lowest BCUT2D eigenvalue weighted by atomic mass is 10.2. The fourth-order valence-electron chi connectivity index (χ4n) is 2.18. The van der Waals surface area contributed by atoms with Gasteiger partial charge in [-0.3, -0.25) is 4.79 Å². The fourth-order valence-corrected chi connectivity index (χ4v) is 2.18. The molecule has 0 aliphatic heterocycles. The van der Waals surface area contributed by atoms with Crippen molar-refractivity contribution in [2.75, 3.05) is 13.2 Å². The molecule has 0 saturated heterocycles. The first-order chi connectivity index (χ1) is 11.6. The van der Waals surface area contributed by atoms with Crippen LogP contribution in [-0.2, 0) is 4.79 Å². The van der Waals surface area contributed by atoms with E-state index in [1.54, 1.807) is 12.1 Å². The van der Waals surface area contributed by atoms with Gasteiger partial charge in [-0.2, -0.15) is 0 Å². The molecule has 0 aliphatic rings. The van der Waals surface area contributed by atoms with E-state index in [-0.39, 0.29) is 11.7 Å². The molecule has 2 rings (SSSR count). The zero-order valence-electron chi connectivity index (χ0n) is 13.9. The molecule has 0 aromatic heterocycles. The number of carbonyl (C=O) groups is 1. The van der Waals surface area contributed by atoms with Crippen LogP contribution in [0.2, 0.25) is 0 Å². The van der Waals surface area contributed by atoms with E-state index < -0.39 is 11.9 Å². The van der Waals surface area contributed by atoms with Crippen LogP contribution in [0.25, 0.3) is 0 Å². The third kappa shape index (κ3) is 4.98. The molecule has 0 aliphatic carbocycles. The SMILES string of the molecule is CC[C@@H](Oc1ccccc1F)C(=O)NCCOc1ccccc1C. The Morgan fingerprint density at radius 3 is 2.46 bits per heavy atom. The number of hydrogen-bond acceptors (Lipinski definition) is 3. The van der Waals surface area contributed by atoms with E-state index in [9.17, 15) is 9.18 Å². The van der Waals surface area contributed by atoms with Crippen LogP contribution in [-0.4, -0.2) is 25.2 Å². The van der Waals surface area contributed by atoms with Gasteiger partial charge in [0.25, 0.3) is 5.91 Å². The summed E-state index contributed by atoms with van der Waals surface area (Å²) in [7, 11) is 0. The van der Waals surface area contributed by atoms with Crippen LogP contribution in [0, 0.1) is 12.7 Å². The Bertz CT molecular complexity index is 675. The van der Waals surface area contributed by atoms with Crippen LogP contribution in [0.4, 0.5) is 4.39 Å². The number of rotatable bonds is 8. The number of ether oxygens (including phenoxy) is 2. The van der Waals surface area contributed by atoms with Crippen LogP contribution in [0.3, 0.4) is 0 Å². The van der Waals surface area contributed by atoms with Gasteiger partial charge in [0.2, 0.25) is 0 Å². The molecule has 0 fully saturated rings. The maximum absolute atomic E-state index is 13.6. The number of halogens is 1. The lowest BCUT2D eigenvalue weighted by Gasteiger charge is -2.18. The van der Waals surface area contributed by atoms with Gasteiger partial charge < -0.3 is 14.8 Å². The summed E-state index contributed by atoms with van der Waals surface area (Å²) in [5.74, 6) is 0.109. The molecule has 0 bridgehead atoms. The summed E-state index contributed by atoms with van der Waals surface area (Å²) < 4.78 is 24.7. The second kappa shape index (κ2) is 8.91. The largest absolute Gasteiger partial charge is 0.491 e. The zero-order valence-corrected chi connectivity index (χ0v) is 13.9. The summed E-state index contributed by atoms with van der Waals surface area (Å²) in [6, 6.07) is 13.7. The maximum Gasteiger partial charge on any atom is 0.261 e. The number of nitrogens with one attached hydrogen (secondary N) is 1. The van der Waals surface area contributed by atoms with E-state index in [0.29, 0.717) is 19.6 Å². The summed E-state index contributed by atoms with van der Waals surface area (Å²) in [6.45, 7) is 4.48. The lowest BCUT2D eigenvalue weighted by Crippen LogP contribution is -2.39. The molecule has 0 heterocycles. The van der Waals surface area contributed by atoms with Crippen molar-refractivity contribution in [2.24, 2.45) is 0 Å². The molecule has 0 spiro atoms. The Labute approximate surface area is 141 Å². The van der Waals surface area contributed by atoms with Crippen molar-refractivity contribution in [1.82, 2.24) is 5.32 Å². The molecular formula is C19H22FNO3. The van der Waals surface area contributed by atoms with E-state index in [4.69, 9.17) is 9.47 Å². The molecule has 128 valence electrons. The van der Waals surface area contributed by atoms with Crippen molar-refractivity contribution >= 4 is 5.91 Å². The maximum atomic E-state index is 13.6. The third-order valence-electron chi connectivity index (χ3n) is 3.52. The van der Waals surface area contributed by atoms with Crippen molar-refractivity contribution in [1.29, 1.82) is 0 Å². The Morgan fingerprint density at radius 1 is 1.12 bits per heavy atom. The van der Waals surface area contributed by atoms with Gasteiger partial charge in [0.15, 0.2) is 17.7 Å². The van der Waals surface area contributed by atoms with Crippen LogP contribution in [0.5, 0.6) is 11.5 Å². The van der Waals surface area contributed by atoms with Gasteiger partial charge in [-0.25, -0.2) is 4.39 Å². The molecule has 4 nitrogen and oxygen atoms in total. The van der Waals surface area contributed by atoms with Crippen LogP contribution >= 0.6 is 0 Å². The Kier molecular flexibility index (Phi) is 6.61. The highest BCUT2D eigenvalue weighted by Gasteiger charge is 2.19. The topological polar surface area (TPSA) is 47.6 Å². The van der Waals surface area contributed by atoms with Gasteiger partial charge in [-0.15, -0.1) is 0 Å². The van der Waals surface area contributed by atoms with Crippen LogP contribution < -0.4 is 14.8 Å². The summed E-state index contributed by atoms with van der Waals surface area (Å²) in [5.41, 5.74) is 1.04. The molecule has 1 N–H and O–H groups in total. The molecule has 1 amide bonds. The van der Waals surface area contributed by atoms with Crippen molar-refractivity contribution in [3.8, 4) is 11.5 Å². The minimum Gasteiger partial charge on any atom is -0.491 e. The van der Waals surface area contributed by atoms with E-state index in [1.165, 1.54) is 12.1 Å². The van der Waals surface area contributed by atoms with Crippen molar-refractivity contribution in [2.45, 2.75) is 26.4 Å². The average molecular weight is 331 g/mol. The predicted molar refractivity (Wildman–Crippen MR) is 90.8 cm³/mol. The second-order valence-corrected chi connectivity index (χ2v) is 5.35. The number of amides is 1. The Balaban J connectivity index is 1.80. The van der Waals surface area contributed by atoms with E-state index in [1.807, 2.05) is 38.1 Å². The number of hydrogen-bond donors (Lipinski definition) is 1. The highest BCUT2D eigenvalue weighted by atomic mass is 19.1. The zero-order chi connectivity index (χ0) is 17.4. The smallest absolute Gasteiger partial charge is 0.261 e. The number of carbonyl (C=O) groups excluding carboxylic acids is 1. The molecule has 2 aromatic carbocycles. The van der Waals surface area contributed by atoms with Crippen LogP contribution in [0.15, 0.2) is 48.5 Å². The monoisotopic (exact) mass is 331 g/mol. The van der Waals surface area contributed by atoms with Gasteiger partial charge >= 0.3 is 0 Å². The molecule has 0 radical (unpaired) electrons. The van der Waals surface area contributed by atoms with Gasteiger partial charge in [0.05, 0.1) is 6.54 Å². The molecule has 0 unspecified atom stereocenters. The standard InChI is InChI=1S/C19H22FNO3/c1-3-16(24-18-11-7-5-9-15(18)20)19(22)21-12-13-23-17-10-6-4-8-14(17)2/h4-11,16H,3,12-13H2,1-2H3,(H,21,22)/t16-/m1/s1. The highest BCUT2D eigenvalue weighted by molar-refractivity contribution is 5.81. The van der Waals surface area contributed by atoms with Crippen LogP contribution in [0.1, 0.15) is 18.9 Å². The van der Waals surface area contributed by atoms with Crippen molar-refractivity contribution in [3.63, 3.8) is 0 Å². The Morgan fingerprint density at radius 2 is 1.79 bits per heavy atom. The predicted octanol–water partition coefficient (Wildman–Crippen LogP) is 3.49. The first kappa shape index (κ1) is 17.8. The molecule has 2 aromatic rings. The summed E-state index contributed by atoms with van der Waals surface area (Å²) in [4.78, 5) is 12.2. The summed E-state index contributed by atoms with van der Waals surface area (Å²) in [5, 5.41) is 2.75. The average Bonchev–Trinajstić information content (AvgIpc) is 2.59. The highest BCUT2D eigenvalue weighted by Crippen LogP contribution is 2.18. The third-order valence-corrected chi connectivity index (χ3v) is 3.52. The minimum absolute atomic E-state index is 0.0793. The van der Waals surface area contributed by atoms with Gasteiger partial charge in [-0.1, -0.05) is 37.3 Å². The number of benzene rings is 2. The number of para-hydroxylation sites is 2. The van der Waals surface area contributed by atoms with Gasteiger partial charge in [0.1, 0.15) is 12.4 Å². The fraction of sp³-hybridized carbons (Fsp3) is 0.316. The lowest BCUT2D eigenvalue weighted by molar-refractivity contribution is -0.128. The van der Waals surface area contributed by atoms with Crippen molar-refractivity contribution < 1.29 is 18.7 Å². The quantitative estimate of drug-likeness (QED) is 0.753. The minimum atomic E-state index is -0.736. The summed E-state index contributed by atoms with van der Waals surface area (Å²) >= 11 is 0. The first-order valence-electron chi connectivity index (χ1n) is 7.99. The second-order valence-electron chi connectivity index (χ2n) is 5.35. The van der Waals surface area contributed by atoms with E-state index in [0.717, 1.165) is 11.3 Å². The van der Waals surface area contributed by atoms with Gasteiger partial charge in [0, 0.05) is 0 Å². The Hall–Kier alpha value is -2.56. The first-order valence-corrected chi connectivity index (χ1v) is 7.99. The van der Waals surface area contributed by atoms with E-state index >= 15 is 0 Å². The number of aryl methyl sites for hydroxylation is 1. The molecule has 1 atom stereocenters. The van der Waals surface area contributed by atoms with Crippen molar-refractivity contribution in [3.05, 3.63) is 59.9 Å².